The molecule has 0 fully saturated rings. The van der Waals surface area contributed by atoms with E-state index in [1.807, 2.05) is 24.9 Å². The van der Waals surface area contributed by atoms with Crippen molar-refractivity contribution in [2.24, 2.45) is 0 Å². The van der Waals surface area contributed by atoms with Crippen LogP contribution in [0.2, 0.25) is 10.0 Å². The summed E-state index contributed by atoms with van der Waals surface area (Å²) in [5, 5.41) is 14.8. The second-order valence-corrected chi connectivity index (χ2v) is 5.96. The molecule has 7 heteroatoms. The second kappa shape index (κ2) is 7.83. The van der Waals surface area contributed by atoms with Crippen molar-refractivity contribution in [3.63, 3.8) is 0 Å². The first kappa shape index (κ1) is 17.1. The van der Waals surface area contributed by atoms with Crippen molar-refractivity contribution in [3.8, 4) is 5.75 Å². The van der Waals surface area contributed by atoms with Gasteiger partial charge in [0.15, 0.2) is 5.75 Å². The fourth-order valence-corrected chi connectivity index (χ4v) is 2.55. The molecule has 0 saturated heterocycles. The standard InChI is InChI=1S/C15H18Cl2N2O3/c1-10-6-11(18-22-10)7-19(2)8-12(20)9-21-15-13(16)4-3-5-14(15)17/h3-6,12,20H,7-9H2,1-2H3. The lowest BCUT2D eigenvalue weighted by molar-refractivity contribution is 0.0738. The maximum absolute atomic E-state index is 10.0. The van der Waals surface area contributed by atoms with Gasteiger partial charge < -0.3 is 14.4 Å². The molecule has 0 aliphatic rings. The average Bonchev–Trinajstić information content (AvgIpc) is 2.83. The molecule has 120 valence electrons. The Hall–Kier alpha value is -1.27. The van der Waals surface area contributed by atoms with Crippen molar-refractivity contribution in [3.05, 3.63) is 45.8 Å². The summed E-state index contributed by atoms with van der Waals surface area (Å²) in [4.78, 5) is 1.93. The molecule has 5 nitrogen and oxygen atoms in total. The largest absolute Gasteiger partial charge is 0.488 e. The molecule has 0 aliphatic carbocycles. The molecular formula is C15H18Cl2N2O3. The fourth-order valence-electron chi connectivity index (χ4n) is 2.05. The summed E-state index contributed by atoms with van der Waals surface area (Å²) in [6, 6.07) is 6.98. The number of likely N-dealkylation sites (N-methyl/N-ethyl adjacent to an activating group) is 1. The third-order valence-corrected chi connectivity index (χ3v) is 3.57. The molecule has 2 rings (SSSR count). The number of aliphatic hydroxyl groups excluding tert-OH is 1. The molecule has 0 spiro atoms. The monoisotopic (exact) mass is 344 g/mol. The predicted molar refractivity (Wildman–Crippen MR) is 85.5 cm³/mol. The summed E-state index contributed by atoms with van der Waals surface area (Å²) < 4.78 is 10.5. The number of hydrogen-bond acceptors (Lipinski definition) is 5. The van der Waals surface area contributed by atoms with E-state index >= 15 is 0 Å². The van der Waals surface area contributed by atoms with Crippen molar-refractivity contribution in [1.82, 2.24) is 10.1 Å². The van der Waals surface area contributed by atoms with Crippen molar-refractivity contribution in [2.75, 3.05) is 20.2 Å². The van der Waals surface area contributed by atoms with Crippen molar-refractivity contribution in [2.45, 2.75) is 19.6 Å². The van der Waals surface area contributed by atoms with E-state index in [0.29, 0.717) is 28.9 Å². The van der Waals surface area contributed by atoms with Gasteiger partial charge >= 0.3 is 0 Å². The molecule has 0 bridgehead atoms. The van der Waals surface area contributed by atoms with E-state index in [1.165, 1.54) is 0 Å². The Labute approximate surface area is 139 Å². The van der Waals surface area contributed by atoms with Crippen LogP contribution in [0, 0.1) is 6.92 Å². The minimum Gasteiger partial charge on any atom is -0.488 e. The van der Waals surface area contributed by atoms with Crippen LogP contribution in [0.5, 0.6) is 5.75 Å². The van der Waals surface area contributed by atoms with Crippen LogP contribution in [0.3, 0.4) is 0 Å². The van der Waals surface area contributed by atoms with Gasteiger partial charge in [-0.05, 0) is 26.1 Å². The zero-order valence-corrected chi connectivity index (χ0v) is 13.9. The molecule has 1 aromatic carbocycles. The Bertz CT molecular complexity index is 598. The number of halogens is 2. The number of hydrogen-bond donors (Lipinski definition) is 1. The van der Waals surface area contributed by atoms with Gasteiger partial charge in [-0.15, -0.1) is 0 Å². The Morgan fingerprint density at radius 1 is 1.36 bits per heavy atom. The highest BCUT2D eigenvalue weighted by Gasteiger charge is 2.13. The first-order valence-electron chi connectivity index (χ1n) is 6.81. The Balaban J connectivity index is 1.81. The van der Waals surface area contributed by atoms with Crippen molar-refractivity contribution >= 4 is 23.2 Å². The van der Waals surface area contributed by atoms with Gasteiger partial charge in [-0.2, -0.15) is 0 Å². The van der Waals surface area contributed by atoms with Crippen molar-refractivity contribution < 1.29 is 14.4 Å². The number of benzene rings is 1. The topological polar surface area (TPSA) is 58.7 Å². The fraction of sp³-hybridized carbons (Fsp3) is 0.400. The quantitative estimate of drug-likeness (QED) is 0.835. The van der Waals surface area contributed by atoms with Gasteiger partial charge in [0.25, 0.3) is 0 Å². The van der Waals surface area contributed by atoms with Gasteiger partial charge in [-0.1, -0.05) is 34.4 Å². The highest BCUT2D eigenvalue weighted by atomic mass is 35.5. The maximum atomic E-state index is 10.0. The molecule has 1 unspecified atom stereocenters. The van der Waals surface area contributed by atoms with Crippen LogP contribution >= 0.6 is 23.2 Å². The lowest BCUT2D eigenvalue weighted by Gasteiger charge is -2.20. The normalized spacial score (nSPS) is 12.6. The lowest BCUT2D eigenvalue weighted by atomic mass is 10.3. The van der Waals surface area contributed by atoms with Crippen LogP contribution in [0.1, 0.15) is 11.5 Å². The van der Waals surface area contributed by atoms with Gasteiger partial charge in [0.1, 0.15) is 18.5 Å². The third kappa shape index (κ3) is 4.88. The molecule has 22 heavy (non-hydrogen) atoms. The van der Waals surface area contributed by atoms with E-state index in [2.05, 4.69) is 5.16 Å². The number of aromatic nitrogens is 1. The minimum absolute atomic E-state index is 0.103. The number of aryl methyl sites for hydroxylation is 1. The summed E-state index contributed by atoms with van der Waals surface area (Å²) in [6.45, 7) is 2.95. The second-order valence-electron chi connectivity index (χ2n) is 5.14. The predicted octanol–water partition coefficient (Wildman–Crippen LogP) is 3.16. The van der Waals surface area contributed by atoms with E-state index in [9.17, 15) is 5.11 Å². The maximum Gasteiger partial charge on any atom is 0.156 e. The van der Waals surface area contributed by atoms with E-state index in [0.717, 1.165) is 11.5 Å². The summed E-state index contributed by atoms with van der Waals surface area (Å²) in [7, 11) is 1.88. The van der Waals surface area contributed by atoms with Gasteiger partial charge in [-0.25, -0.2) is 0 Å². The van der Waals surface area contributed by atoms with E-state index < -0.39 is 6.10 Å². The van der Waals surface area contributed by atoms with Crippen LogP contribution in [0.25, 0.3) is 0 Å². The Morgan fingerprint density at radius 2 is 2.05 bits per heavy atom. The Morgan fingerprint density at radius 3 is 2.64 bits per heavy atom. The first-order chi connectivity index (χ1) is 10.5. The lowest BCUT2D eigenvalue weighted by Crippen LogP contribution is -2.32. The summed E-state index contributed by atoms with van der Waals surface area (Å²) in [5.41, 5.74) is 0.822. The highest BCUT2D eigenvalue weighted by Crippen LogP contribution is 2.32. The molecule has 1 heterocycles. The molecule has 2 aromatic rings. The van der Waals surface area contributed by atoms with Crippen LogP contribution in [0.4, 0.5) is 0 Å². The van der Waals surface area contributed by atoms with E-state index in [4.69, 9.17) is 32.5 Å². The van der Waals surface area contributed by atoms with Crippen molar-refractivity contribution in [1.29, 1.82) is 0 Å². The minimum atomic E-state index is -0.676. The summed E-state index contributed by atoms with van der Waals surface area (Å²) in [5.74, 6) is 1.15. The Kier molecular flexibility index (Phi) is 6.08. The van der Waals surface area contributed by atoms with Crippen LogP contribution in [-0.4, -0.2) is 41.5 Å². The molecule has 1 atom stereocenters. The molecule has 0 amide bonds. The van der Waals surface area contributed by atoms with Gasteiger partial charge in [0.05, 0.1) is 15.7 Å². The number of aliphatic hydroxyl groups is 1. The van der Waals surface area contributed by atoms with Crippen LogP contribution in [0.15, 0.2) is 28.8 Å². The highest BCUT2D eigenvalue weighted by molar-refractivity contribution is 6.37. The average molecular weight is 345 g/mol. The number of ether oxygens (including phenoxy) is 1. The van der Waals surface area contributed by atoms with Crippen LogP contribution in [-0.2, 0) is 6.54 Å². The zero-order valence-electron chi connectivity index (χ0n) is 12.4. The van der Waals surface area contributed by atoms with Gasteiger partial charge in [0, 0.05) is 19.2 Å². The van der Waals surface area contributed by atoms with E-state index in [-0.39, 0.29) is 6.61 Å². The number of rotatable bonds is 7. The van der Waals surface area contributed by atoms with E-state index in [1.54, 1.807) is 18.2 Å². The summed E-state index contributed by atoms with van der Waals surface area (Å²) >= 11 is 12.0. The van der Waals surface area contributed by atoms with Gasteiger partial charge in [-0.3, -0.25) is 4.90 Å². The number of para-hydroxylation sites is 1. The molecule has 0 saturated carbocycles. The first-order valence-corrected chi connectivity index (χ1v) is 7.57. The molecule has 1 N–H and O–H groups in total. The summed E-state index contributed by atoms with van der Waals surface area (Å²) in [6.07, 6.45) is -0.676. The molecule has 0 aliphatic heterocycles. The number of nitrogens with zero attached hydrogens (tertiary/aromatic N) is 2. The molecule has 0 radical (unpaired) electrons. The smallest absolute Gasteiger partial charge is 0.156 e. The van der Waals surface area contributed by atoms with Gasteiger partial charge in [0.2, 0.25) is 0 Å². The molecule has 1 aromatic heterocycles. The third-order valence-electron chi connectivity index (χ3n) is 2.97. The molecular weight excluding hydrogens is 327 g/mol. The SMILES string of the molecule is Cc1cc(CN(C)CC(O)COc2c(Cl)cccc2Cl)no1. The zero-order chi connectivity index (χ0) is 16.1. The van der Waals surface area contributed by atoms with Crippen LogP contribution < -0.4 is 4.74 Å².